The molecular formula is C19H17N3O2S2. The first kappa shape index (κ1) is 16.8. The highest BCUT2D eigenvalue weighted by atomic mass is 32.1. The van der Waals surface area contributed by atoms with Crippen molar-refractivity contribution in [1.29, 1.82) is 0 Å². The van der Waals surface area contributed by atoms with Crippen LogP contribution >= 0.6 is 22.7 Å². The van der Waals surface area contributed by atoms with Gasteiger partial charge in [0.1, 0.15) is 11.4 Å². The monoisotopic (exact) mass is 383 g/mol. The average molecular weight is 383 g/mol. The minimum Gasteiger partial charge on any atom is -0.496 e. The zero-order valence-electron chi connectivity index (χ0n) is 14.6. The normalized spacial score (nSPS) is 11.0. The molecule has 1 amide bonds. The van der Waals surface area contributed by atoms with Crippen LogP contribution in [0.1, 0.15) is 16.1 Å². The molecule has 0 unspecified atom stereocenters. The van der Waals surface area contributed by atoms with E-state index in [4.69, 9.17) is 4.74 Å². The molecule has 0 radical (unpaired) electrons. The minimum atomic E-state index is -0.159. The summed E-state index contributed by atoms with van der Waals surface area (Å²) >= 11 is 3.03. The van der Waals surface area contributed by atoms with Gasteiger partial charge in [0, 0.05) is 18.0 Å². The molecule has 26 heavy (non-hydrogen) atoms. The summed E-state index contributed by atoms with van der Waals surface area (Å²) in [5.41, 5.74) is 4.52. The van der Waals surface area contributed by atoms with Crippen LogP contribution in [0.2, 0.25) is 0 Å². The SMILES string of the molecule is COc1ccc(C)cc1-c1csc(NC(=O)c2cc3sccc3n2C)n1. The first-order chi connectivity index (χ1) is 12.6. The third-order valence-electron chi connectivity index (χ3n) is 4.25. The maximum Gasteiger partial charge on any atom is 0.274 e. The third kappa shape index (κ3) is 2.89. The number of hydrogen-bond donors (Lipinski definition) is 1. The number of nitrogens with one attached hydrogen (secondary N) is 1. The van der Waals surface area contributed by atoms with Crippen molar-refractivity contribution in [2.75, 3.05) is 12.4 Å². The molecule has 0 aliphatic heterocycles. The van der Waals surface area contributed by atoms with Crippen molar-refractivity contribution in [3.8, 4) is 17.0 Å². The van der Waals surface area contributed by atoms with Crippen molar-refractivity contribution in [3.63, 3.8) is 0 Å². The minimum absolute atomic E-state index is 0.159. The number of ether oxygens (including phenoxy) is 1. The fraction of sp³-hybridized carbons (Fsp3) is 0.158. The molecule has 132 valence electrons. The second-order valence-electron chi connectivity index (χ2n) is 5.95. The summed E-state index contributed by atoms with van der Waals surface area (Å²) in [5, 5.41) is 7.42. The number of benzene rings is 1. The lowest BCUT2D eigenvalue weighted by molar-refractivity contribution is 0.102. The van der Waals surface area contributed by atoms with Crippen LogP contribution in [0.15, 0.2) is 41.1 Å². The number of thiazole rings is 1. The van der Waals surface area contributed by atoms with E-state index in [1.165, 1.54) is 11.3 Å². The highest BCUT2D eigenvalue weighted by molar-refractivity contribution is 7.17. The van der Waals surface area contributed by atoms with Crippen molar-refractivity contribution in [1.82, 2.24) is 9.55 Å². The van der Waals surface area contributed by atoms with Crippen molar-refractivity contribution in [2.45, 2.75) is 6.92 Å². The lowest BCUT2D eigenvalue weighted by Crippen LogP contribution is -2.15. The number of carbonyl (C=O) groups is 1. The van der Waals surface area contributed by atoms with E-state index in [-0.39, 0.29) is 5.91 Å². The van der Waals surface area contributed by atoms with Crippen LogP contribution < -0.4 is 10.1 Å². The largest absolute Gasteiger partial charge is 0.496 e. The Kier molecular flexibility index (Phi) is 4.26. The Morgan fingerprint density at radius 2 is 2.08 bits per heavy atom. The van der Waals surface area contributed by atoms with Gasteiger partial charge in [-0.05, 0) is 36.6 Å². The van der Waals surface area contributed by atoms with Gasteiger partial charge < -0.3 is 9.30 Å². The summed E-state index contributed by atoms with van der Waals surface area (Å²) in [6.45, 7) is 2.03. The number of rotatable bonds is 4. The van der Waals surface area contributed by atoms with Crippen LogP contribution in [0.5, 0.6) is 5.75 Å². The predicted octanol–water partition coefficient (Wildman–Crippen LogP) is 4.93. The number of nitrogens with zero attached hydrogens (tertiary/aromatic N) is 2. The lowest BCUT2D eigenvalue weighted by Gasteiger charge is -2.07. The Labute approximate surface area is 158 Å². The number of anilines is 1. The molecule has 0 atom stereocenters. The average Bonchev–Trinajstić information content (AvgIpc) is 3.33. The number of aromatic nitrogens is 2. The van der Waals surface area contributed by atoms with Gasteiger partial charge in [-0.2, -0.15) is 0 Å². The number of carbonyl (C=O) groups excluding carboxylic acids is 1. The molecule has 0 saturated carbocycles. The van der Waals surface area contributed by atoms with Crippen molar-refractivity contribution < 1.29 is 9.53 Å². The number of thiophene rings is 1. The van der Waals surface area contributed by atoms with E-state index in [0.717, 1.165) is 32.8 Å². The second kappa shape index (κ2) is 6.59. The van der Waals surface area contributed by atoms with Gasteiger partial charge in [-0.1, -0.05) is 11.6 Å². The quantitative estimate of drug-likeness (QED) is 0.543. The first-order valence-corrected chi connectivity index (χ1v) is 9.77. The Balaban J connectivity index is 1.61. The zero-order valence-corrected chi connectivity index (χ0v) is 16.2. The van der Waals surface area contributed by atoms with Gasteiger partial charge in [-0.25, -0.2) is 4.98 Å². The van der Waals surface area contributed by atoms with E-state index in [1.54, 1.807) is 18.4 Å². The van der Waals surface area contributed by atoms with E-state index >= 15 is 0 Å². The standard InChI is InChI=1S/C19H17N3O2S2/c1-11-4-5-16(24-3)12(8-11)13-10-26-19(20-13)21-18(23)15-9-17-14(22(15)2)6-7-25-17/h4-10H,1-3H3,(H,20,21,23). The Hall–Kier alpha value is -2.64. The number of fused-ring (bicyclic) bond motifs is 1. The molecule has 7 heteroatoms. The second-order valence-corrected chi connectivity index (χ2v) is 7.76. The highest BCUT2D eigenvalue weighted by Crippen LogP contribution is 2.33. The molecule has 5 nitrogen and oxygen atoms in total. The molecule has 0 spiro atoms. The fourth-order valence-electron chi connectivity index (χ4n) is 2.91. The van der Waals surface area contributed by atoms with Crippen LogP contribution in [0.25, 0.3) is 21.5 Å². The van der Waals surface area contributed by atoms with E-state index in [9.17, 15) is 4.79 Å². The maximum atomic E-state index is 12.6. The Morgan fingerprint density at radius 1 is 1.23 bits per heavy atom. The third-order valence-corrected chi connectivity index (χ3v) is 5.86. The molecule has 3 aromatic heterocycles. The summed E-state index contributed by atoms with van der Waals surface area (Å²) in [7, 11) is 3.54. The number of methoxy groups -OCH3 is 1. The number of aryl methyl sites for hydroxylation is 2. The van der Waals surface area contributed by atoms with Crippen LogP contribution in [0, 0.1) is 6.92 Å². The highest BCUT2D eigenvalue weighted by Gasteiger charge is 2.16. The summed E-state index contributed by atoms with van der Waals surface area (Å²) in [6, 6.07) is 9.89. The first-order valence-electron chi connectivity index (χ1n) is 8.01. The van der Waals surface area contributed by atoms with Gasteiger partial charge in [0.2, 0.25) is 0 Å². The maximum absolute atomic E-state index is 12.6. The molecular weight excluding hydrogens is 366 g/mol. The van der Waals surface area contributed by atoms with Crippen LogP contribution in [0.3, 0.4) is 0 Å². The zero-order chi connectivity index (χ0) is 18.3. The molecule has 0 aliphatic carbocycles. The molecule has 1 aromatic carbocycles. The lowest BCUT2D eigenvalue weighted by atomic mass is 10.1. The Morgan fingerprint density at radius 3 is 2.85 bits per heavy atom. The number of hydrogen-bond acceptors (Lipinski definition) is 5. The molecule has 3 heterocycles. The van der Waals surface area contributed by atoms with E-state index in [1.807, 2.05) is 59.6 Å². The van der Waals surface area contributed by atoms with Crippen LogP contribution in [0.4, 0.5) is 5.13 Å². The summed E-state index contributed by atoms with van der Waals surface area (Å²) < 4.78 is 8.43. The van der Waals surface area contributed by atoms with Gasteiger partial charge in [0.15, 0.2) is 5.13 Å². The summed E-state index contributed by atoms with van der Waals surface area (Å²) in [5.74, 6) is 0.606. The molecule has 4 rings (SSSR count). The topological polar surface area (TPSA) is 56.1 Å². The van der Waals surface area contributed by atoms with Gasteiger partial charge in [-0.15, -0.1) is 22.7 Å². The van der Waals surface area contributed by atoms with E-state index in [2.05, 4.69) is 10.3 Å². The molecule has 1 N–H and O–H groups in total. The number of amides is 1. The summed E-state index contributed by atoms with van der Waals surface area (Å²) in [6.07, 6.45) is 0. The van der Waals surface area contributed by atoms with Gasteiger partial charge in [0.25, 0.3) is 5.91 Å². The molecule has 0 bridgehead atoms. The molecule has 0 saturated heterocycles. The fourth-order valence-corrected chi connectivity index (χ4v) is 4.46. The van der Waals surface area contributed by atoms with Gasteiger partial charge in [0.05, 0.1) is 23.0 Å². The Bertz CT molecular complexity index is 1110. The van der Waals surface area contributed by atoms with E-state index < -0.39 is 0 Å². The van der Waals surface area contributed by atoms with Crippen molar-refractivity contribution >= 4 is 43.9 Å². The molecule has 0 fully saturated rings. The van der Waals surface area contributed by atoms with Crippen LogP contribution in [-0.4, -0.2) is 22.6 Å². The smallest absolute Gasteiger partial charge is 0.274 e. The van der Waals surface area contributed by atoms with Crippen molar-refractivity contribution in [2.24, 2.45) is 7.05 Å². The predicted molar refractivity (Wildman–Crippen MR) is 108 cm³/mol. The van der Waals surface area contributed by atoms with E-state index in [0.29, 0.717) is 10.8 Å². The van der Waals surface area contributed by atoms with Crippen LogP contribution in [-0.2, 0) is 7.05 Å². The molecule has 4 aromatic rings. The summed E-state index contributed by atoms with van der Waals surface area (Å²) in [4.78, 5) is 17.2. The van der Waals surface area contributed by atoms with Crippen molar-refractivity contribution in [3.05, 3.63) is 52.3 Å². The van der Waals surface area contributed by atoms with Gasteiger partial charge in [-0.3, -0.25) is 10.1 Å². The van der Waals surface area contributed by atoms with Gasteiger partial charge >= 0.3 is 0 Å². The molecule has 0 aliphatic rings.